The van der Waals surface area contributed by atoms with Crippen LogP contribution in [0.3, 0.4) is 0 Å². The van der Waals surface area contributed by atoms with E-state index in [-0.39, 0.29) is 36.1 Å². The van der Waals surface area contributed by atoms with E-state index in [0.717, 1.165) is 73.9 Å². The van der Waals surface area contributed by atoms with Crippen molar-refractivity contribution in [2.24, 2.45) is 11.8 Å². The molecule has 6 fully saturated rings. The predicted molar refractivity (Wildman–Crippen MR) is 198 cm³/mol. The maximum absolute atomic E-state index is 10.5. The molecule has 7 heterocycles. The molecule has 10 atom stereocenters. The molecular weight excluding hydrogens is 617 g/mol. The lowest BCUT2D eigenvalue weighted by Crippen LogP contribution is -2.69. The number of anilines is 2. The van der Waals surface area contributed by atoms with Gasteiger partial charge in [0, 0.05) is 61.3 Å². The maximum Gasteiger partial charge on any atom is 0.103 e. The van der Waals surface area contributed by atoms with Gasteiger partial charge in [-0.05, 0) is 57.7 Å². The van der Waals surface area contributed by atoms with E-state index in [2.05, 4.69) is 108 Å². The fraction of sp³-hybridized carbons (Fsp3) is 0.455. The normalized spacial score (nSPS) is 45.5. The molecule has 0 amide bonds. The third kappa shape index (κ3) is 3.24. The molecule has 6 heteroatoms. The quantitative estimate of drug-likeness (QED) is 0.317. The van der Waals surface area contributed by atoms with Crippen LogP contribution in [0.5, 0.6) is 0 Å². The van der Waals surface area contributed by atoms with E-state index in [9.17, 15) is 10.2 Å². The van der Waals surface area contributed by atoms with Crippen molar-refractivity contribution in [2.75, 3.05) is 62.3 Å². The van der Waals surface area contributed by atoms with Crippen LogP contribution < -0.4 is 9.80 Å². The summed E-state index contributed by atoms with van der Waals surface area (Å²) < 4.78 is 2.12. The molecule has 2 aromatic rings. The standard InChI is InChI=1S/C44H50N4O2/c1-3-17-47-19-15-43-35-9-5-7-11-37(35)45-26-34-32-24-40-44(16-20-48(40,18-4-2)28-30(32)14-22-50)36-10-6-8-12-38(36)46(42(34)44)25-33(41(43)45)31(23-39(43)47)29(27-47)13-21-49/h3-14,25-26,31-32,39-42,49-50H,1-2,15-24,27-28H2/q+2/b29-13+,30-14+,33-25-,34-26-/t31-,32-,39-,40-,41+,42+,43+,44+,47-,48-/m0/s1. The number of hydrogen-bond acceptors (Lipinski definition) is 4. The van der Waals surface area contributed by atoms with Crippen molar-refractivity contribution in [1.29, 1.82) is 0 Å². The van der Waals surface area contributed by atoms with E-state index >= 15 is 0 Å². The maximum atomic E-state index is 10.5. The van der Waals surface area contributed by atoms with Gasteiger partial charge in [0.2, 0.25) is 0 Å². The van der Waals surface area contributed by atoms with Gasteiger partial charge in [0.25, 0.3) is 0 Å². The van der Waals surface area contributed by atoms with Gasteiger partial charge in [-0.25, -0.2) is 0 Å². The summed E-state index contributed by atoms with van der Waals surface area (Å²) in [5.41, 5.74) is 11.8. The van der Waals surface area contributed by atoms with Gasteiger partial charge in [-0.1, -0.05) is 61.7 Å². The zero-order valence-corrected chi connectivity index (χ0v) is 29.1. The Morgan fingerprint density at radius 2 is 1.12 bits per heavy atom. The summed E-state index contributed by atoms with van der Waals surface area (Å²) in [6, 6.07) is 20.3. The van der Waals surface area contributed by atoms with E-state index in [1.54, 1.807) is 11.1 Å². The minimum absolute atomic E-state index is 0.0183. The Morgan fingerprint density at radius 3 is 1.54 bits per heavy atom. The van der Waals surface area contributed by atoms with E-state index < -0.39 is 0 Å². The van der Waals surface area contributed by atoms with Gasteiger partial charge in [-0.2, -0.15) is 0 Å². The average Bonchev–Trinajstić information content (AvgIpc) is 3.81. The molecule has 2 aromatic carbocycles. The zero-order valence-electron chi connectivity index (χ0n) is 29.1. The van der Waals surface area contributed by atoms with E-state index in [4.69, 9.17) is 0 Å². The minimum Gasteiger partial charge on any atom is -0.392 e. The molecule has 4 saturated heterocycles. The second-order valence-electron chi connectivity index (χ2n) is 17.2. The topological polar surface area (TPSA) is 46.9 Å². The number of quaternary nitrogens is 2. The Bertz CT molecular complexity index is 1850. The van der Waals surface area contributed by atoms with Crippen LogP contribution in [0, 0.1) is 11.8 Å². The first-order valence-corrected chi connectivity index (χ1v) is 19.2. The summed E-state index contributed by atoms with van der Waals surface area (Å²) >= 11 is 0. The summed E-state index contributed by atoms with van der Waals surface area (Å²) in [6.07, 6.45) is 18.6. The van der Waals surface area contributed by atoms with E-state index in [0.29, 0.717) is 23.9 Å². The fourth-order valence-electron chi connectivity index (χ4n) is 14.6. The van der Waals surface area contributed by atoms with Crippen LogP contribution in [0.2, 0.25) is 0 Å². The van der Waals surface area contributed by atoms with Gasteiger partial charge >= 0.3 is 0 Å². The van der Waals surface area contributed by atoms with Crippen LogP contribution in [0.4, 0.5) is 11.4 Å². The molecule has 6 nitrogen and oxygen atoms in total. The van der Waals surface area contributed by atoms with Crippen molar-refractivity contribution in [3.8, 4) is 0 Å². The number of fused-ring (bicyclic) bond motifs is 8. The highest BCUT2D eigenvalue weighted by Gasteiger charge is 2.75. The van der Waals surface area contributed by atoms with Crippen molar-refractivity contribution in [1.82, 2.24) is 0 Å². The summed E-state index contributed by atoms with van der Waals surface area (Å²) in [4.78, 5) is 5.54. The Kier molecular flexibility index (Phi) is 6.00. The first-order chi connectivity index (χ1) is 24.5. The number of piperidine rings is 2. The SMILES string of the molecule is C=CC[N@@+]12CC[C@@]34c5ccccc5N5/C=C6/[C@H]7C[C@H]8[C@@]9(CC[N@@+]8(CC=C)C/C7=C\CO)c7ccccc7N(/C=C(/[C@@H](C[C@@H]31)/C(=C/CO)C2)[C@@H]54)[C@H]69. The average molecular weight is 667 g/mol. The second kappa shape index (κ2) is 10.0. The highest BCUT2D eigenvalue weighted by molar-refractivity contribution is 5.77. The van der Waals surface area contributed by atoms with Crippen molar-refractivity contribution in [2.45, 2.75) is 60.7 Å². The van der Waals surface area contributed by atoms with Gasteiger partial charge < -0.3 is 29.0 Å². The molecule has 11 rings (SSSR count). The van der Waals surface area contributed by atoms with Crippen molar-refractivity contribution in [3.05, 3.63) is 132 Å². The Hall–Kier alpha value is -3.68. The molecule has 0 radical (unpaired) electrons. The summed E-state index contributed by atoms with van der Waals surface area (Å²) in [5.74, 6) is 0.615. The smallest absolute Gasteiger partial charge is 0.103 e. The highest BCUT2D eigenvalue weighted by atomic mass is 16.3. The summed E-state index contributed by atoms with van der Waals surface area (Å²) in [6.45, 7) is 15.0. The highest BCUT2D eigenvalue weighted by Crippen LogP contribution is 2.69. The third-order valence-electron chi connectivity index (χ3n) is 15.9. The molecule has 7 aliphatic heterocycles. The fourth-order valence-corrected chi connectivity index (χ4v) is 14.6. The van der Waals surface area contributed by atoms with E-state index in [1.165, 1.54) is 33.6 Å². The second-order valence-corrected chi connectivity index (χ2v) is 17.2. The largest absolute Gasteiger partial charge is 0.392 e. The number of nitrogens with zero attached hydrogens (tertiary/aromatic N) is 4. The summed E-state index contributed by atoms with van der Waals surface area (Å²) in [5, 5.41) is 20.9. The van der Waals surface area contributed by atoms with Gasteiger partial charge in [0.15, 0.2) is 0 Å². The van der Waals surface area contributed by atoms with Crippen LogP contribution in [0.15, 0.2) is 121 Å². The first-order valence-electron chi connectivity index (χ1n) is 19.2. The molecule has 50 heavy (non-hydrogen) atoms. The lowest BCUT2D eigenvalue weighted by molar-refractivity contribution is -0.937. The molecular formula is C44H50N4O2+2. The molecule has 2 N–H and O–H groups in total. The lowest BCUT2D eigenvalue weighted by atomic mass is 9.56. The third-order valence-corrected chi connectivity index (χ3v) is 15.9. The first kappa shape index (κ1) is 30.0. The van der Waals surface area contributed by atoms with Crippen LogP contribution in [0.1, 0.15) is 36.8 Å². The Morgan fingerprint density at radius 1 is 0.680 bits per heavy atom. The van der Waals surface area contributed by atoms with Gasteiger partial charge in [-0.15, -0.1) is 0 Å². The molecule has 2 aliphatic carbocycles. The summed E-state index contributed by atoms with van der Waals surface area (Å²) in [7, 11) is 0. The van der Waals surface area contributed by atoms with Gasteiger partial charge in [0.1, 0.15) is 25.2 Å². The predicted octanol–water partition coefficient (Wildman–Crippen LogP) is 5.48. The number of benzene rings is 2. The monoisotopic (exact) mass is 666 g/mol. The number of aliphatic hydroxyl groups excluding tert-OH is 2. The van der Waals surface area contributed by atoms with Crippen LogP contribution in [0.25, 0.3) is 0 Å². The van der Waals surface area contributed by atoms with Gasteiger partial charge in [-0.3, -0.25) is 0 Å². The molecule has 2 spiro atoms. The van der Waals surface area contributed by atoms with Crippen molar-refractivity contribution >= 4 is 11.4 Å². The number of aliphatic hydroxyl groups is 2. The van der Waals surface area contributed by atoms with Crippen LogP contribution >= 0.6 is 0 Å². The molecule has 256 valence electrons. The van der Waals surface area contributed by atoms with Gasteiger partial charge in [0.05, 0.1) is 62.3 Å². The molecule has 9 aliphatic rings. The number of rotatable bonds is 6. The number of para-hydroxylation sites is 2. The van der Waals surface area contributed by atoms with Crippen LogP contribution in [-0.2, 0) is 10.8 Å². The molecule has 0 unspecified atom stereocenters. The van der Waals surface area contributed by atoms with Crippen molar-refractivity contribution in [3.63, 3.8) is 0 Å². The minimum atomic E-state index is 0.0183. The molecule has 4 bridgehead atoms. The van der Waals surface area contributed by atoms with Crippen LogP contribution in [-0.4, -0.2) is 95.8 Å². The van der Waals surface area contributed by atoms with Crippen molar-refractivity contribution < 1.29 is 19.2 Å². The lowest BCUT2D eigenvalue weighted by Gasteiger charge is -2.59. The molecule has 2 saturated carbocycles. The Labute approximate surface area is 296 Å². The van der Waals surface area contributed by atoms with E-state index in [1.807, 2.05) is 0 Å². The Balaban J connectivity index is 1.22. The zero-order chi connectivity index (χ0) is 33.6. The molecule has 0 aromatic heterocycles. The number of hydrogen-bond donors (Lipinski definition) is 2.